The lowest BCUT2D eigenvalue weighted by atomic mass is 10.2. The van der Waals surface area contributed by atoms with Gasteiger partial charge in [-0.25, -0.2) is 8.42 Å². The number of hydrazine groups is 1. The summed E-state index contributed by atoms with van der Waals surface area (Å²) >= 11 is 0. The highest BCUT2D eigenvalue weighted by molar-refractivity contribution is 7.91. The van der Waals surface area contributed by atoms with Gasteiger partial charge in [0, 0.05) is 25.5 Å². The largest absolute Gasteiger partial charge is 0.337 e. The van der Waals surface area contributed by atoms with E-state index in [1.165, 1.54) is 17.3 Å². The van der Waals surface area contributed by atoms with Crippen molar-refractivity contribution in [1.82, 2.24) is 9.88 Å². The SMILES string of the molecule is NNc1ccncc1C(=O)N1CCCS(=O)(=O)CC1. The summed E-state index contributed by atoms with van der Waals surface area (Å²) in [6, 6.07) is 1.60. The number of pyridine rings is 1. The first-order valence-corrected chi connectivity index (χ1v) is 7.76. The number of hydrogen-bond donors (Lipinski definition) is 2. The van der Waals surface area contributed by atoms with Crippen molar-refractivity contribution in [2.24, 2.45) is 5.84 Å². The third kappa shape index (κ3) is 3.21. The van der Waals surface area contributed by atoms with Gasteiger partial charge in [0.2, 0.25) is 0 Å². The number of aromatic nitrogens is 1. The fourth-order valence-electron chi connectivity index (χ4n) is 2.00. The molecule has 19 heavy (non-hydrogen) atoms. The summed E-state index contributed by atoms with van der Waals surface area (Å²) in [5.41, 5.74) is 3.27. The Morgan fingerprint density at radius 1 is 1.37 bits per heavy atom. The van der Waals surface area contributed by atoms with E-state index in [-0.39, 0.29) is 24.0 Å². The number of carbonyl (C=O) groups is 1. The molecule has 1 aromatic heterocycles. The van der Waals surface area contributed by atoms with Crippen molar-refractivity contribution in [3.05, 3.63) is 24.0 Å². The average molecular weight is 284 g/mol. The van der Waals surface area contributed by atoms with Gasteiger partial charge in [0.1, 0.15) is 0 Å². The minimum absolute atomic E-state index is 0.00435. The minimum atomic E-state index is -3.03. The monoisotopic (exact) mass is 284 g/mol. The molecule has 0 spiro atoms. The second-order valence-corrected chi connectivity index (χ2v) is 6.67. The smallest absolute Gasteiger partial charge is 0.257 e. The van der Waals surface area contributed by atoms with Crippen molar-refractivity contribution in [1.29, 1.82) is 0 Å². The molecule has 2 heterocycles. The Balaban J connectivity index is 2.20. The van der Waals surface area contributed by atoms with E-state index >= 15 is 0 Å². The molecule has 0 radical (unpaired) electrons. The van der Waals surface area contributed by atoms with Crippen LogP contribution in [0.25, 0.3) is 0 Å². The molecule has 0 atom stereocenters. The van der Waals surface area contributed by atoms with Gasteiger partial charge in [0.05, 0.1) is 22.8 Å². The summed E-state index contributed by atoms with van der Waals surface area (Å²) in [6.07, 6.45) is 3.41. The summed E-state index contributed by atoms with van der Waals surface area (Å²) < 4.78 is 23.0. The van der Waals surface area contributed by atoms with Crippen molar-refractivity contribution >= 4 is 21.4 Å². The van der Waals surface area contributed by atoms with E-state index in [1.807, 2.05) is 0 Å². The molecule has 0 bridgehead atoms. The number of nitrogens with two attached hydrogens (primary N) is 1. The average Bonchev–Trinajstić information content (AvgIpc) is 2.59. The van der Waals surface area contributed by atoms with Crippen LogP contribution in [0.15, 0.2) is 18.5 Å². The van der Waals surface area contributed by atoms with Gasteiger partial charge in [-0.15, -0.1) is 0 Å². The highest BCUT2D eigenvalue weighted by Crippen LogP contribution is 2.16. The van der Waals surface area contributed by atoms with E-state index in [1.54, 1.807) is 6.07 Å². The molecule has 1 amide bonds. The van der Waals surface area contributed by atoms with E-state index in [9.17, 15) is 13.2 Å². The summed E-state index contributed by atoms with van der Waals surface area (Å²) in [7, 11) is -3.03. The van der Waals surface area contributed by atoms with Crippen molar-refractivity contribution in [2.75, 3.05) is 30.0 Å². The number of rotatable bonds is 2. The Morgan fingerprint density at radius 3 is 2.89 bits per heavy atom. The second-order valence-electron chi connectivity index (χ2n) is 4.36. The van der Waals surface area contributed by atoms with E-state index < -0.39 is 9.84 Å². The van der Waals surface area contributed by atoms with Crippen LogP contribution in [0.3, 0.4) is 0 Å². The maximum absolute atomic E-state index is 12.3. The van der Waals surface area contributed by atoms with Crippen LogP contribution in [0.4, 0.5) is 5.69 Å². The highest BCUT2D eigenvalue weighted by atomic mass is 32.2. The van der Waals surface area contributed by atoms with Gasteiger partial charge < -0.3 is 10.3 Å². The molecular formula is C11H16N4O3S. The molecule has 0 aliphatic carbocycles. The molecule has 0 saturated carbocycles. The Labute approximate surface area is 111 Å². The predicted octanol–water partition coefficient (Wildman–Crippen LogP) is -0.372. The van der Waals surface area contributed by atoms with E-state index in [4.69, 9.17) is 5.84 Å². The number of hydrogen-bond acceptors (Lipinski definition) is 6. The van der Waals surface area contributed by atoms with Crippen LogP contribution >= 0.6 is 0 Å². The van der Waals surface area contributed by atoms with Crippen LogP contribution in [-0.2, 0) is 9.84 Å². The molecule has 2 rings (SSSR count). The molecule has 0 unspecified atom stereocenters. The van der Waals surface area contributed by atoms with Gasteiger partial charge in [-0.05, 0) is 12.5 Å². The Bertz CT molecular complexity index is 573. The first kappa shape index (κ1) is 13.8. The zero-order valence-corrected chi connectivity index (χ0v) is 11.2. The maximum Gasteiger partial charge on any atom is 0.257 e. The van der Waals surface area contributed by atoms with Crippen LogP contribution < -0.4 is 11.3 Å². The molecule has 1 aliphatic heterocycles. The normalized spacial score (nSPS) is 18.7. The topological polar surface area (TPSA) is 105 Å². The number of amides is 1. The molecule has 7 nitrogen and oxygen atoms in total. The lowest BCUT2D eigenvalue weighted by Gasteiger charge is -2.20. The third-order valence-electron chi connectivity index (χ3n) is 3.05. The lowest BCUT2D eigenvalue weighted by molar-refractivity contribution is 0.0769. The van der Waals surface area contributed by atoms with Crippen LogP contribution in [0.5, 0.6) is 0 Å². The van der Waals surface area contributed by atoms with Gasteiger partial charge in [-0.1, -0.05) is 0 Å². The van der Waals surface area contributed by atoms with Gasteiger partial charge in [-0.2, -0.15) is 0 Å². The van der Waals surface area contributed by atoms with Crippen molar-refractivity contribution in [3.63, 3.8) is 0 Å². The zero-order chi connectivity index (χ0) is 13.9. The summed E-state index contributed by atoms with van der Waals surface area (Å²) in [4.78, 5) is 17.8. The quantitative estimate of drug-likeness (QED) is 0.567. The Hall–Kier alpha value is -1.67. The number of sulfone groups is 1. The van der Waals surface area contributed by atoms with Crippen molar-refractivity contribution < 1.29 is 13.2 Å². The van der Waals surface area contributed by atoms with Gasteiger partial charge in [0.25, 0.3) is 5.91 Å². The number of nitrogen functional groups attached to an aromatic ring is 1. The standard InChI is InChI=1S/C11H16N4O3S/c12-14-10-2-3-13-8-9(10)11(16)15-4-1-6-19(17,18)7-5-15/h2-3,8H,1,4-7,12H2,(H,13,14). The first-order chi connectivity index (χ1) is 9.03. The summed E-state index contributed by atoms with van der Waals surface area (Å²) in [5, 5.41) is 0. The van der Waals surface area contributed by atoms with Gasteiger partial charge in [0.15, 0.2) is 9.84 Å². The second kappa shape index (κ2) is 5.54. The Kier molecular flexibility index (Phi) is 4.01. The zero-order valence-electron chi connectivity index (χ0n) is 10.4. The van der Waals surface area contributed by atoms with E-state index in [0.29, 0.717) is 24.2 Å². The van der Waals surface area contributed by atoms with Crippen molar-refractivity contribution in [3.8, 4) is 0 Å². The minimum Gasteiger partial charge on any atom is -0.337 e. The highest BCUT2D eigenvalue weighted by Gasteiger charge is 2.24. The van der Waals surface area contributed by atoms with Gasteiger partial charge in [-0.3, -0.25) is 15.6 Å². The van der Waals surface area contributed by atoms with Crippen LogP contribution in [-0.4, -0.2) is 48.8 Å². The van der Waals surface area contributed by atoms with Crippen molar-refractivity contribution in [2.45, 2.75) is 6.42 Å². The molecule has 1 aliphatic rings. The van der Waals surface area contributed by atoms with E-state index in [0.717, 1.165) is 0 Å². The summed E-state index contributed by atoms with van der Waals surface area (Å²) in [5.74, 6) is 5.23. The third-order valence-corrected chi connectivity index (χ3v) is 4.77. The van der Waals surface area contributed by atoms with Crippen LogP contribution in [0.1, 0.15) is 16.8 Å². The Morgan fingerprint density at radius 2 is 2.16 bits per heavy atom. The number of nitrogens with one attached hydrogen (secondary N) is 1. The molecule has 104 valence electrons. The number of nitrogens with zero attached hydrogens (tertiary/aromatic N) is 2. The fourth-order valence-corrected chi connectivity index (χ4v) is 3.27. The molecule has 8 heteroatoms. The maximum atomic E-state index is 12.3. The van der Waals surface area contributed by atoms with Crippen LogP contribution in [0.2, 0.25) is 0 Å². The van der Waals surface area contributed by atoms with Gasteiger partial charge >= 0.3 is 0 Å². The van der Waals surface area contributed by atoms with Crippen LogP contribution in [0, 0.1) is 0 Å². The number of anilines is 1. The molecule has 1 fully saturated rings. The lowest BCUT2D eigenvalue weighted by Crippen LogP contribution is -2.34. The summed E-state index contributed by atoms with van der Waals surface area (Å²) in [6.45, 7) is 0.636. The van der Waals surface area contributed by atoms with E-state index in [2.05, 4.69) is 10.4 Å². The predicted molar refractivity (Wildman–Crippen MR) is 71.2 cm³/mol. The fraction of sp³-hybridized carbons (Fsp3) is 0.455. The molecule has 1 aromatic rings. The molecular weight excluding hydrogens is 268 g/mol. The molecule has 0 aromatic carbocycles. The molecule has 3 N–H and O–H groups in total. The number of carbonyl (C=O) groups excluding carboxylic acids is 1. The molecule has 1 saturated heterocycles. The first-order valence-electron chi connectivity index (χ1n) is 5.94.